The van der Waals surface area contributed by atoms with Gasteiger partial charge in [-0.1, -0.05) is 11.2 Å². The van der Waals surface area contributed by atoms with Crippen LogP contribution >= 0.6 is 11.3 Å². The number of nitrogens with zero attached hydrogens (tertiary/aromatic N) is 2. The molecule has 0 radical (unpaired) electrons. The monoisotopic (exact) mass is 347 g/mol. The Labute approximate surface area is 144 Å². The largest absolute Gasteiger partial charge is 0.360 e. The van der Waals surface area contributed by atoms with E-state index in [0.717, 1.165) is 6.42 Å². The van der Waals surface area contributed by atoms with E-state index in [1.54, 1.807) is 24.3 Å². The highest BCUT2D eigenvalue weighted by molar-refractivity contribution is 7.09. The molecular weight excluding hydrogens is 326 g/mol. The predicted octanol–water partition coefficient (Wildman–Crippen LogP) is 2.85. The van der Waals surface area contributed by atoms with Gasteiger partial charge in [0.25, 0.3) is 0 Å². The molecule has 1 N–H and O–H groups in total. The minimum atomic E-state index is -0.0802. The predicted molar refractivity (Wildman–Crippen MR) is 91.8 cm³/mol. The van der Waals surface area contributed by atoms with Gasteiger partial charge < -0.3 is 14.7 Å². The van der Waals surface area contributed by atoms with E-state index in [9.17, 15) is 9.59 Å². The zero-order valence-electron chi connectivity index (χ0n) is 13.7. The number of anilines is 1. The van der Waals surface area contributed by atoms with Gasteiger partial charge in [0, 0.05) is 36.4 Å². The summed E-state index contributed by atoms with van der Waals surface area (Å²) in [4.78, 5) is 27.6. The number of nitrogens with one attached hydrogen (secondary N) is 1. The van der Waals surface area contributed by atoms with Crippen LogP contribution in [-0.2, 0) is 16.0 Å². The van der Waals surface area contributed by atoms with Crippen LogP contribution in [0.4, 0.5) is 5.82 Å². The number of carbonyl (C=O) groups excluding carboxylic acids is 2. The Morgan fingerprint density at radius 1 is 1.42 bits per heavy atom. The van der Waals surface area contributed by atoms with Crippen molar-refractivity contribution in [3.8, 4) is 0 Å². The number of hydrogen-bond acceptors (Lipinski definition) is 5. The van der Waals surface area contributed by atoms with Gasteiger partial charge in [0.1, 0.15) is 5.76 Å². The van der Waals surface area contributed by atoms with E-state index in [1.165, 1.54) is 4.88 Å². The van der Waals surface area contributed by atoms with Crippen LogP contribution in [0.25, 0.3) is 0 Å². The number of carbonyl (C=O) groups is 2. The average molecular weight is 347 g/mol. The van der Waals surface area contributed by atoms with E-state index < -0.39 is 0 Å². The van der Waals surface area contributed by atoms with Crippen molar-refractivity contribution < 1.29 is 14.1 Å². The lowest BCUT2D eigenvalue weighted by Crippen LogP contribution is -2.41. The molecule has 0 aliphatic carbocycles. The summed E-state index contributed by atoms with van der Waals surface area (Å²) >= 11 is 1.68. The summed E-state index contributed by atoms with van der Waals surface area (Å²) in [5, 5.41) is 8.57. The van der Waals surface area contributed by atoms with Crippen molar-refractivity contribution >= 4 is 29.0 Å². The maximum absolute atomic E-state index is 12.3. The van der Waals surface area contributed by atoms with E-state index in [4.69, 9.17) is 4.52 Å². The first-order valence-electron chi connectivity index (χ1n) is 8.16. The van der Waals surface area contributed by atoms with Crippen LogP contribution < -0.4 is 5.32 Å². The molecule has 0 atom stereocenters. The Hall–Kier alpha value is -2.15. The molecule has 0 bridgehead atoms. The third kappa shape index (κ3) is 4.23. The summed E-state index contributed by atoms with van der Waals surface area (Å²) in [6.45, 7) is 3.06. The minimum Gasteiger partial charge on any atom is -0.360 e. The molecule has 7 heteroatoms. The maximum atomic E-state index is 12.3. The van der Waals surface area contributed by atoms with Gasteiger partial charge in [-0.25, -0.2) is 0 Å². The van der Waals surface area contributed by atoms with Gasteiger partial charge in [-0.3, -0.25) is 9.59 Å². The number of thiophene rings is 1. The summed E-state index contributed by atoms with van der Waals surface area (Å²) in [5.74, 6) is 1.16. The molecule has 0 spiro atoms. The summed E-state index contributed by atoms with van der Waals surface area (Å²) in [6.07, 6.45) is 2.71. The van der Waals surface area contributed by atoms with Crippen LogP contribution in [0.5, 0.6) is 0 Å². The van der Waals surface area contributed by atoms with E-state index >= 15 is 0 Å². The molecule has 1 fully saturated rings. The van der Waals surface area contributed by atoms with Crippen LogP contribution in [0.2, 0.25) is 0 Å². The first-order valence-corrected chi connectivity index (χ1v) is 9.04. The molecular formula is C17H21N3O3S. The molecule has 3 heterocycles. The molecule has 24 heavy (non-hydrogen) atoms. The number of hydrogen-bond donors (Lipinski definition) is 1. The second kappa shape index (κ2) is 7.61. The van der Waals surface area contributed by atoms with Crippen molar-refractivity contribution in [2.24, 2.45) is 5.92 Å². The van der Waals surface area contributed by atoms with Crippen molar-refractivity contribution in [3.63, 3.8) is 0 Å². The fourth-order valence-corrected chi connectivity index (χ4v) is 3.60. The first kappa shape index (κ1) is 16.7. The van der Waals surface area contributed by atoms with E-state index in [2.05, 4.69) is 16.5 Å². The molecule has 2 aromatic rings. The van der Waals surface area contributed by atoms with Crippen molar-refractivity contribution in [3.05, 3.63) is 34.2 Å². The molecule has 0 unspecified atom stereocenters. The highest BCUT2D eigenvalue weighted by atomic mass is 32.1. The van der Waals surface area contributed by atoms with Crippen LogP contribution in [0.15, 0.2) is 28.1 Å². The van der Waals surface area contributed by atoms with Crippen LogP contribution in [0.3, 0.4) is 0 Å². The van der Waals surface area contributed by atoms with Crippen LogP contribution in [-0.4, -0.2) is 35.0 Å². The Bertz CT molecular complexity index is 688. The lowest BCUT2D eigenvalue weighted by Gasteiger charge is -2.31. The average Bonchev–Trinajstić information content (AvgIpc) is 3.24. The second-order valence-corrected chi connectivity index (χ2v) is 7.08. The molecule has 3 rings (SSSR count). The number of amides is 2. The van der Waals surface area contributed by atoms with E-state index in [1.807, 2.05) is 16.3 Å². The van der Waals surface area contributed by atoms with Gasteiger partial charge in [0.15, 0.2) is 5.82 Å². The quantitative estimate of drug-likeness (QED) is 0.902. The first-order chi connectivity index (χ1) is 11.6. The summed E-state index contributed by atoms with van der Waals surface area (Å²) < 4.78 is 4.94. The normalized spacial score (nSPS) is 15.5. The Kier molecular flexibility index (Phi) is 5.30. The minimum absolute atomic E-state index is 0.0472. The molecule has 0 aromatic carbocycles. The van der Waals surface area contributed by atoms with Gasteiger partial charge in [0.2, 0.25) is 11.8 Å². The fraction of sp³-hybridized carbons (Fsp3) is 0.471. The maximum Gasteiger partial charge on any atom is 0.228 e. The number of piperidine rings is 1. The van der Waals surface area contributed by atoms with Gasteiger partial charge in [-0.2, -0.15) is 0 Å². The van der Waals surface area contributed by atoms with Gasteiger partial charge in [0.05, 0.1) is 0 Å². The van der Waals surface area contributed by atoms with Crippen LogP contribution in [0.1, 0.15) is 29.9 Å². The lowest BCUT2D eigenvalue weighted by atomic mass is 9.95. The van der Waals surface area contributed by atoms with E-state index in [0.29, 0.717) is 43.9 Å². The number of rotatable bonds is 5. The number of aromatic nitrogens is 1. The SMILES string of the molecule is Cc1cc(NC(=O)C2CCN(C(=O)CCc3cccs3)CC2)no1. The van der Waals surface area contributed by atoms with Gasteiger partial charge in [-0.05, 0) is 37.6 Å². The Morgan fingerprint density at radius 3 is 2.83 bits per heavy atom. The topological polar surface area (TPSA) is 75.4 Å². The number of aryl methyl sites for hydroxylation is 2. The highest BCUT2D eigenvalue weighted by Crippen LogP contribution is 2.21. The van der Waals surface area contributed by atoms with Gasteiger partial charge >= 0.3 is 0 Å². The third-order valence-electron chi connectivity index (χ3n) is 4.26. The smallest absolute Gasteiger partial charge is 0.228 e. The molecule has 0 saturated carbocycles. The Morgan fingerprint density at radius 2 is 2.21 bits per heavy atom. The molecule has 1 aliphatic rings. The van der Waals surface area contributed by atoms with Crippen molar-refractivity contribution in [1.82, 2.24) is 10.1 Å². The standard InChI is InChI=1S/C17H21N3O3S/c1-12-11-15(19-23-12)18-17(22)13-6-8-20(9-7-13)16(21)5-4-14-3-2-10-24-14/h2-3,10-11,13H,4-9H2,1H3,(H,18,19,22). The van der Waals surface area contributed by atoms with Crippen molar-refractivity contribution in [2.75, 3.05) is 18.4 Å². The lowest BCUT2D eigenvalue weighted by molar-refractivity contribution is -0.134. The molecule has 6 nitrogen and oxygen atoms in total. The molecule has 1 aliphatic heterocycles. The summed E-state index contributed by atoms with van der Waals surface area (Å²) in [5.41, 5.74) is 0. The Balaban J connectivity index is 1.43. The number of likely N-dealkylation sites (tertiary alicyclic amines) is 1. The third-order valence-corrected chi connectivity index (χ3v) is 5.20. The summed E-state index contributed by atoms with van der Waals surface area (Å²) in [6, 6.07) is 5.76. The van der Waals surface area contributed by atoms with Crippen molar-refractivity contribution in [1.29, 1.82) is 0 Å². The van der Waals surface area contributed by atoms with Crippen molar-refractivity contribution in [2.45, 2.75) is 32.6 Å². The van der Waals surface area contributed by atoms with E-state index in [-0.39, 0.29) is 17.7 Å². The van der Waals surface area contributed by atoms with Crippen LogP contribution in [0, 0.1) is 12.8 Å². The zero-order chi connectivity index (χ0) is 16.9. The molecule has 128 valence electrons. The second-order valence-electron chi connectivity index (χ2n) is 6.05. The summed E-state index contributed by atoms with van der Waals surface area (Å²) in [7, 11) is 0. The fourth-order valence-electron chi connectivity index (χ4n) is 2.89. The molecule has 2 amide bonds. The van der Waals surface area contributed by atoms with Gasteiger partial charge in [-0.15, -0.1) is 11.3 Å². The zero-order valence-corrected chi connectivity index (χ0v) is 14.5. The molecule has 1 saturated heterocycles. The molecule has 2 aromatic heterocycles. The highest BCUT2D eigenvalue weighted by Gasteiger charge is 2.27.